The summed E-state index contributed by atoms with van der Waals surface area (Å²) in [4.78, 5) is 0. The molecule has 1 atom stereocenters. The van der Waals surface area contributed by atoms with Crippen molar-refractivity contribution >= 4 is 0 Å². The molecule has 7 heteroatoms. The Hall–Kier alpha value is -1.79. The number of alkyl halides is 2. The molecule has 0 fully saturated rings. The van der Waals surface area contributed by atoms with Crippen molar-refractivity contribution in [3.8, 4) is 5.75 Å². The summed E-state index contributed by atoms with van der Waals surface area (Å²) >= 11 is 0. The Bertz CT molecular complexity index is 548. The lowest BCUT2D eigenvalue weighted by Crippen LogP contribution is -2.31. The highest BCUT2D eigenvalue weighted by Gasteiger charge is 2.39. The Morgan fingerprint density at radius 1 is 1.23 bits per heavy atom. The van der Waals surface area contributed by atoms with E-state index in [1.165, 1.54) is 0 Å². The molecule has 0 bridgehead atoms. The van der Waals surface area contributed by atoms with E-state index >= 15 is 0 Å². The van der Waals surface area contributed by atoms with E-state index in [0.717, 1.165) is 19.1 Å². The highest BCUT2D eigenvalue weighted by atomic mass is 19.3. The summed E-state index contributed by atoms with van der Waals surface area (Å²) < 4.78 is 76.3. The Morgan fingerprint density at radius 3 is 2.36 bits per heavy atom. The molecule has 0 aliphatic carbocycles. The molecule has 1 aromatic carbocycles. The second-order valence-electron chi connectivity index (χ2n) is 5.05. The van der Waals surface area contributed by atoms with Crippen molar-refractivity contribution in [1.29, 1.82) is 0 Å². The van der Waals surface area contributed by atoms with Gasteiger partial charge in [-0.3, -0.25) is 0 Å². The standard InChI is InChI=1S/C15H15F5O2/c1-2-3-10-5-4-9(8-21-10)15(19,20)22-11-6-12(16)14(18)13(17)7-11/h6-8,10H,2-5H2,1H3. The van der Waals surface area contributed by atoms with Gasteiger partial charge in [0.05, 0.1) is 17.9 Å². The third kappa shape index (κ3) is 3.69. The zero-order chi connectivity index (χ0) is 16.3. The minimum Gasteiger partial charge on any atom is -0.498 e. The second kappa shape index (κ2) is 6.54. The smallest absolute Gasteiger partial charge is 0.425 e. The molecule has 0 saturated carbocycles. The maximum atomic E-state index is 14.0. The van der Waals surface area contributed by atoms with Crippen LogP contribution in [-0.2, 0) is 4.74 Å². The van der Waals surface area contributed by atoms with Crippen molar-refractivity contribution in [1.82, 2.24) is 0 Å². The summed E-state index contributed by atoms with van der Waals surface area (Å²) in [5.74, 6) is -5.72. The quantitative estimate of drug-likeness (QED) is 0.565. The van der Waals surface area contributed by atoms with Gasteiger partial charge in [-0.05, 0) is 19.3 Å². The zero-order valence-electron chi connectivity index (χ0n) is 11.8. The number of halogens is 5. The lowest BCUT2D eigenvalue weighted by atomic mass is 10.0. The predicted molar refractivity (Wildman–Crippen MR) is 69.0 cm³/mol. The fraction of sp³-hybridized carbons (Fsp3) is 0.467. The highest BCUT2D eigenvalue weighted by molar-refractivity contribution is 5.26. The number of hydrogen-bond donors (Lipinski definition) is 0. The Morgan fingerprint density at radius 2 is 1.86 bits per heavy atom. The molecule has 122 valence electrons. The van der Waals surface area contributed by atoms with Gasteiger partial charge in [0.2, 0.25) is 0 Å². The maximum Gasteiger partial charge on any atom is 0.425 e. The van der Waals surface area contributed by atoms with Crippen molar-refractivity contribution in [2.75, 3.05) is 0 Å². The largest absolute Gasteiger partial charge is 0.498 e. The fourth-order valence-electron chi connectivity index (χ4n) is 2.18. The molecule has 1 unspecified atom stereocenters. The number of rotatable bonds is 5. The molecule has 0 spiro atoms. The lowest BCUT2D eigenvalue weighted by Gasteiger charge is -2.27. The summed E-state index contributed by atoms with van der Waals surface area (Å²) in [5, 5.41) is 0. The van der Waals surface area contributed by atoms with Crippen LogP contribution in [0.15, 0.2) is 24.0 Å². The minimum atomic E-state index is -3.78. The van der Waals surface area contributed by atoms with Crippen molar-refractivity contribution in [2.45, 2.75) is 44.8 Å². The third-order valence-electron chi connectivity index (χ3n) is 3.33. The summed E-state index contributed by atoms with van der Waals surface area (Å²) in [7, 11) is 0. The van der Waals surface area contributed by atoms with Crippen LogP contribution in [0.4, 0.5) is 22.0 Å². The molecular weight excluding hydrogens is 307 g/mol. The number of ether oxygens (including phenoxy) is 2. The zero-order valence-corrected chi connectivity index (χ0v) is 11.8. The maximum absolute atomic E-state index is 14.0. The van der Waals surface area contributed by atoms with Crippen molar-refractivity contribution in [3.63, 3.8) is 0 Å². The van der Waals surface area contributed by atoms with Crippen LogP contribution in [0.3, 0.4) is 0 Å². The first-order chi connectivity index (χ1) is 10.3. The van der Waals surface area contributed by atoms with E-state index in [0.29, 0.717) is 18.6 Å². The molecule has 1 aliphatic rings. The van der Waals surface area contributed by atoms with Gasteiger partial charge < -0.3 is 9.47 Å². The van der Waals surface area contributed by atoms with E-state index in [9.17, 15) is 22.0 Å². The summed E-state index contributed by atoms with van der Waals surface area (Å²) in [5.41, 5.74) is -0.426. The molecule has 0 amide bonds. The molecule has 1 heterocycles. The van der Waals surface area contributed by atoms with Crippen LogP contribution >= 0.6 is 0 Å². The van der Waals surface area contributed by atoms with Gasteiger partial charge in [-0.25, -0.2) is 13.2 Å². The molecule has 0 radical (unpaired) electrons. The van der Waals surface area contributed by atoms with Crippen LogP contribution in [-0.4, -0.2) is 12.2 Å². The number of hydrogen-bond acceptors (Lipinski definition) is 2. The second-order valence-corrected chi connectivity index (χ2v) is 5.05. The van der Waals surface area contributed by atoms with Crippen LogP contribution in [0.2, 0.25) is 0 Å². The number of benzene rings is 1. The van der Waals surface area contributed by atoms with Crippen LogP contribution in [0.1, 0.15) is 32.6 Å². The van der Waals surface area contributed by atoms with E-state index in [1.54, 1.807) is 0 Å². The van der Waals surface area contributed by atoms with E-state index in [1.807, 2.05) is 6.92 Å². The van der Waals surface area contributed by atoms with Crippen molar-refractivity contribution < 1.29 is 31.4 Å². The van der Waals surface area contributed by atoms with Crippen molar-refractivity contribution in [2.24, 2.45) is 0 Å². The van der Waals surface area contributed by atoms with Gasteiger partial charge in [-0.2, -0.15) is 8.78 Å². The molecule has 0 N–H and O–H groups in total. The predicted octanol–water partition coefficient (Wildman–Crippen LogP) is 4.94. The van der Waals surface area contributed by atoms with Crippen molar-refractivity contribution in [3.05, 3.63) is 41.4 Å². The highest BCUT2D eigenvalue weighted by Crippen LogP contribution is 2.35. The molecular formula is C15H15F5O2. The molecule has 1 aliphatic heterocycles. The van der Waals surface area contributed by atoms with Gasteiger partial charge in [0.25, 0.3) is 0 Å². The topological polar surface area (TPSA) is 18.5 Å². The van der Waals surface area contributed by atoms with Gasteiger partial charge in [0, 0.05) is 12.1 Å². The van der Waals surface area contributed by atoms with E-state index < -0.39 is 34.9 Å². The van der Waals surface area contributed by atoms with Crippen LogP contribution < -0.4 is 4.74 Å². The molecule has 0 aromatic heterocycles. The van der Waals surface area contributed by atoms with Crippen LogP contribution in [0.25, 0.3) is 0 Å². The SMILES string of the molecule is CCCC1CCC(C(F)(F)Oc2cc(F)c(F)c(F)c2)=CO1. The minimum absolute atomic E-state index is 0.0455. The van der Waals surface area contributed by atoms with E-state index in [-0.39, 0.29) is 12.5 Å². The van der Waals surface area contributed by atoms with Gasteiger partial charge >= 0.3 is 6.11 Å². The average Bonchev–Trinajstić information content (AvgIpc) is 2.45. The first-order valence-corrected chi connectivity index (χ1v) is 6.90. The Kier molecular flexibility index (Phi) is 4.93. The molecule has 22 heavy (non-hydrogen) atoms. The summed E-state index contributed by atoms with van der Waals surface area (Å²) in [6, 6.07) is 0.743. The summed E-state index contributed by atoms with van der Waals surface area (Å²) in [6.45, 7) is 1.96. The van der Waals surface area contributed by atoms with Crippen LogP contribution in [0.5, 0.6) is 5.75 Å². The van der Waals surface area contributed by atoms with Gasteiger partial charge in [0.1, 0.15) is 5.75 Å². The molecule has 1 aromatic rings. The third-order valence-corrected chi connectivity index (χ3v) is 3.33. The van der Waals surface area contributed by atoms with Gasteiger partial charge in [-0.15, -0.1) is 0 Å². The fourth-order valence-corrected chi connectivity index (χ4v) is 2.18. The molecule has 0 saturated heterocycles. The van der Waals surface area contributed by atoms with Crippen LogP contribution in [0, 0.1) is 17.5 Å². The first-order valence-electron chi connectivity index (χ1n) is 6.90. The normalized spacial score (nSPS) is 18.6. The molecule has 2 nitrogen and oxygen atoms in total. The van der Waals surface area contributed by atoms with E-state index in [4.69, 9.17) is 4.74 Å². The lowest BCUT2D eigenvalue weighted by molar-refractivity contribution is -0.149. The summed E-state index contributed by atoms with van der Waals surface area (Å²) in [6.07, 6.45) is -0.896. The van der Waals surface area contributed by atoms with Gasteiger partial charge in [-0.1, -0.05) is 13.3 Å². The first kappa shape index (κ1) is 16.6. The Labute approximate surface area is 124 Å². The monoisotopic (exact) mass is 322 g/mol. The van der Waals surface area contributed by atoms with Gasteiger partial charge in [0.15, 0.2) is 17.5 Å². The average molecular weight is 322 g/mol. The Balaban J connectivity index is 2.11. The molecule has 2 rings (SSSR count). The van der Waals surface area contributed by atoms with E-state index in [2.05, 4.69) is 4.74 Å².